The van der Waals surface area contributed by atoms with E-state index in [4.69, 9.17) is 17.3 Å². The standard InChI is InChI=1S/C12H18ClN3O/c1-3-16(8-12(14)17)11-6-10(13)5-4-9(11)7-15-2/h4-6,15H,3,7-8H2,1-2H3,(H2,14,17). The zero-order valence-electron chi connectivity index (χ0n) is 10.2. The van der Waals surface area contributed by atoms with Gasteiger partial charge in [0.1, 0.15) is 0 Å². The third kappa shape index (κ3) is 3.91. The third-order valence-electron chi connectivity index (χ3n) is 2.48. The molecule has 0 radical (unpaired) electrons. The van der Waals surface area contributed by atoms with Gasteiger partial charge in [0.25, 0.3) is 0 Å². The molecule has 0 saturated heterocycles. The molecule has 5 heteroatoms. The first-order chi connectivity index (χ1) is 8.08. The van der Waals surface area contributed by atoms with E-state index in [1.807, 2.05) is 37.1 Å². The number of anilines is 1. The Labute approximate surface area is 107 Å². The number of nitrogens with zero attached hydrogens (tertiary/aromatic N) is 1. The van der Waals surface area contributed by atoms with Gasteiger partial charge in [0, 0.05) is 23.8 Å². The van der Waals surface area contributed by atoms with Gasteiger partial charge in [-0.2, -0.15) is 0 Å². The number of carbonyl (C=O) groups is 1. The maximum absolute atomic E-state index is 11.0. The second-order valence-electron chi connectivity index (χ2n) is 3.78. The van der Waals surface area contributed by atoms with Gasteiger partial charge in [-0.05, 0) is 31.7 Å². The van der Waals surface area contributed by atoms with E-state index in [0.29, 0.717) is 11.6 Å². The molecular weight excluding hydrogens is 238 g/mol. The van der Waals surface area contributed by atoms with Gasteiger partial charge >= 0.3 is 0 Å². The Morgan fingerprint density at radius 3 is 2.76 bits per heavy atom. The molecule has 0 aliphatic carbocycles. The third-order valence-corrected chi connectivity index (χ3v) is 2.72. The maximum Gasteiger partial charge on any atom is 0.236 e. The fraction of sp³-hybridized carbons (Fsp3) is 0.417. The lowest BCUT2D eigenvalue weighted by Gasteiger charge is -2.24. The van der Waals surface area contributed by atoms with E-state index in [1.54, 1.807) is 0 Å². The Morgan fingerprint density at radius 2 is 2.24 bits per heavy atom. The monoisotopic (exact) mass is 255 g/mol. The van der Waals surface area contributed by atoms with Crippen molar-refractivity contribution in [2.45, 2.75) is 13.5 Å². The predicted octanol–water partition coefficient (Wildman–Crippen LogP) is 1.37. The van der Waals surface area contributed by atoms with Crippen LogP contribution in [0, 0.1) is 0 Å². The highest BCUT2D eigenvalue weighted by molar-refractivity contribution is 6.30. The number of hydrogen-bond acceptors (Lipinski definition) is 3. The number of benzene rings is 1. The van der Waals surface area contributed by atoms with E-state index in [9.17, 15) is 4.79 Å². The SMILES string of the molecule is CCN(CC(N)=O)c1cc(Cl)ccc1CNC. The second-order valence-corrected chi connectivity index (χ2v) is 4.22. The summed E-state index contributed by atoms with van der Waals surface area (Å²) in [5.74, 6) is -0.345. The summed E-state index contributed by atoms with van der Waals surface area (Å²) >= 11 is 5.99. The van der Waals surface area contributed by atoms with E-state index in [-0.39, 0.29) is 12.5 Å². The van der Waals surface area contributed by atoms with E-state index in [0.717, 1.165) is 17.8 Å². The number of likely N-dealkylation sites (N-methyl/N-ethyl adjacent to an activating group) is 1. The minimum Gasteiger partial charge on any atom is -0.368 e. The number of hydrogen-bond donors (Lipinski definition) is 2. The summed E-state index contributed by atoms with van der Waals surface area (Å²) in [4.78, 5) is 12.9. The van der Waals surface area contributed by atoms with Crippen LogP contribution < -0.4 is 16.0 Å². The number of rotatable bonds is 6. The first-order valence-corrected chi connectivity index (χ1v) is 5.92. The molecule has 1 aromatic carbocycles. The lowest BCUT2D eigenvalue weighted by Crippen LogP contribution is -2.34. The van der Waals surface area contributed by atoms with Crippen LogP contribution in [0.4, 0.5) is 5.69 Å². The highest BCUT2D eigenvalue weighted by Crippen LogP contribution is 2.24. The number of carbonyl (C=O) groups excluding carboxylic acids is 1. The number of nitrogens with two attached hydrogens (primary N) is 1. The van der Waals surface area contributed by atoms with Crippen molar-refractivity contribution in [2.75, 3.05) is 25.0 Å². The average molecular weight is 256 g/mol. The first kappa shape index (κ1) is 13.8. The molecule has 94 valence electrons. The molecule has 0 aliphatic heterocycles. The summed E-state index contributed by atoms with van der Waals surface area (Å²) in [6.45, 7) is 3.61. The van der Waals surface area contributed by atoms with Crippen LogP contribution in [0.25, 0.3) is 0 Å². The van der Waals surface area contributed by atoms with Crippen LogP contribution in [-0.2, 0) is 11.3 Å². The maximum atomic E-state index is 11.0. The van der Waals surface area contributed by atoms with Crippen LogP contribution in [0.1, 0.15) is 12.5 Å². The van der Waals surface area contributed by atoms with Gasteiger partial charge in [0.05, 0.1) is 6.54 Å². The largest absolute Gasteiger partial charge is 0.368 e. The summed E-state index contributed by atoms with van der Waals surface area (Å²) in [6, 6.07) is 5.66. The fourth-order valence-corrected chi connectivity index (χ4v) is 1.89. The van der Waals surface area contributed by atoms with Crippen molar-refractivity contribution in [1.82, 2.24) is 5.32 Å². The summed E-state index contributed by atoms with van der Waals surface area (Å²) < 4.78 is 0. The van der Waals surface area contributed by atoms with Gasteiger partial charge in [0.15, 0.2) is 0 Å². The van der Waals surface area contributed by atoms with Crippen LogP contribution in [0.2, 0.25) is 5.02 Å². The summed E-state index contributed by atoms with van der Waals surface area (Å²) in [5, 5.41) is 3.75. The molecule has 0 atom stereocenters. The molecule has 1 amide bonds. The van der Waals surface area contributed by atoms with Crippen molar-refractivity contribution in [3.63, 3.8) is 0 Å². The zero-order chi connectivity index (χ0) is 12.8. The zero-order valence-corrected chi connectivity index (χ0v) is 10.9. The topological polar surface area (TPSA) is 58.4 Å². The second kappa shape index (κ2) is 6.47. The Hall–Kier alpha value is -1.26. The van der Waals surface area contributed by atoms with Gasteiger partial charge in [-0.1, -0.05) is 17.7 Å². The predicted molar refractivity (Wildman–Crippen MR) is 71.3 cm³/mol. The number of primary amides is 1. The van der Waals surface area contributed by atoms with Gasteiger partial charge < -0.3 is 16.0 Å². The van der Waals surface area contributed by atoms with E-state index in [1.165, 1.54) is 0 Å². The average Bonchev–Trinajstić information content (AvgIpc) is 2.28. The van der Waals surface area contributed by atoms with Gasteiger partial charge in [-0.3, -0.25) is 4.79 Å². The Kier molecular flexibility index (Phi) is 5.25. The lowest BCUT2D eigenvalue weighted by molar-refractivity contribution is -0.116. The van der Waals surface area contributed by atoms with Gasteiger partial charge in [0.2, 0.25) is 5.91 Å². The molecule has 17 heavy (non-hydrogen) atoms. The number of nitrogens with one attached hydrogen (secondary N) is 1. The normalized spacial score (nSPS) is 10.3. The van der Waals surface area contributed by atoms with Crippen LogP contribution in [-0.4, -0.2) is 26.0 Å². The van der Waals surface area contributed by atoms with Crippen molar-refractivity contribution in [2.24, 2.45) is 5.73 Å². The summed E-state index contributed by atoms with van der Waals surface area (Å²) in [6.07, 6.45) is 0. The Morgan fingerprint density at radius 1 is 1.53 bits per heavy atom. The van der Waals surface area contributed by atoms with Gasteiger partial charge in [-0.15, -0.1) is 0 Å². The minimum atomic E-state index is -0.345. The number of halogens is 1. The summed E-state index contributed by atoms with van der Waals surface area (Å²) in [5.41, 5.74) is 7.29. The minimum absolute atomic E-state index is 0.202. The lowest BCUT2D eigenvalue weighted by atomic mass is 10.1. The van der Waals surface area contributed by atoms with Crippen LogP contribution in [0.3, 0.4) is 0 Å². The molecule has 3 N–H and O–H groups in total. The van der Waals surface area contributed by atoms with Crippen molar-refractivity contribution in [1.29, 1.82) is 0 Å². The van der Waals surface area contributed by atoms with Gasteiger partial charge in [-0.25, -0.2) is 0 Å². The van der Waals surface area contributed by atoms with Crippen LogP contribution in [0.15, 0.2) is 18.2 Å². The molecule has 1 rings (SSSR count). The Balaban J connectivity index is 3.06. The quantitative estimate of drug-likeness (QED) is 0.807. The molecule has 0 saturated carbocycles. The molecular formula is C12H18ClN3O. The Bertz CT molecular complexity index is 395. The molecule has 0 aliphatic rings. The van der Waals surface area contributed by atoms with Crippen LogP contribution in [0.5, 0.6) is 0 Å². The van der Waals surface area contributed by atoms with Crippen molar-refractivity contribution in [3.8, 4) is 0 Å². The molecule has 0 fully saturated rings. The highest BCUT2D eigenvalue weighted by atomic mass is 35.5. The van der Waals surface area contributed by atoms with Crippen LogP contribution >= 0.6 is 11.6 Å². The smallest absolute Gasteiger partial charge is 0.236 e. The molecule has 0 unspecified atom stereocenters. The fourth-order valence-electron chi connectivity index (χ4n) is 1.73. The molecule has 0 spiro atoms. The highest BCUT2D eigenvalue weighted by Gasteiger charge is 2.12. The molecule has 0 aromatic heterocycles. The van der Waals surface area contributed by atoms with E-state index >= 15 is 0 Å². The van der Waals surface area contributed by atoms with Crippen molar-refractivity contribution >= 4 is 23.2 Å². The van der Waals surface area contributed by atoms with Crippen molar-refractivity contribution < 1.29 is 4.79 Å². The van der Waals surface area contributed by atoms with Crippen molar-refractivity contribution in [3.05, 3.63) is 28.8 Å². The molecule has 0 bridgehead atoms. The molecule has 0 heterocycles. The number of amides is 1. The summed E-state index contributed by atoms with van der Waals surface area (Å²) in [7, 11) is 1.88. The van der Waals surface area contributed by atoms with E-state index < -0.39 is 0 Å². The first-order valence-electron chi connectivity index (χ1n) is 5.54. The van der Waals surface area contributed by atoms with E-state index in [2.05, 4.69) is 5.32 Å². The molecule has 4 nitrogen and oxygen atoms in total. The molecule has 1 aromatic rings.